The van der Waals surface area contributed by atoms with Crippen molar-refractivity contribution in [2.45, 2.75) is 25.9 Å². The third-order valence-electron chi connectivity index (χ3n) is 4.78. The van der Waals surface area contributed by atoms with Gasteiger partial charge in [-0.3, -0.25) is 4.79 Å². The highest BCUT2D eigenvalue weighted by Gasteiger charge is 2.22. The monoisotopic (exact) mass is 434 g/mol. The first-order valence-corrected chi connectivity index (χ1v) is 10.3. The average Bonchev–Trinajstić information content (AvgIpc) is 2.77. The number of ketones is 1. The van der Waals surface area contributed by atoms with Crippen molar-refractivity contribution in [3.63, 3.8) is 0 Å². The van der Waals surface area contributed by atoms with Crippen LogP contribution in [-0.4, -0.2) is 23.0 Å². The van der Waals surface area contributed by atoms with Crippen LogP contribution in [0.5, 0.6) is 5.75 Å². The summed E-state index contributed by atoms with van der Waals surface area (Å²) in [6.45, 7) is 1.87. The number of hydrogen-bond donors (Lipinski definition) is 1. The minimum Gasteiger partial charge on any atom is -0.479 e. The molecular weight excluding hydrogens is 412 g/mol. The van der Waals surface area contributed by atoms with E-state index in [1.165, 1.54) is 6.08 Å². The Labute approximate surface area is 186 Å². The molecule has 0 amide bonds. The van der Waals surface area contributed by atoms with Crippen molar-refractivity contribution in [1.82, 2.24) is 0 Å². The van der Waals surface area contributed by atoms with E-state index in [-0.39, 0.29) is 11.5 Å². The number of carboxylic acids is 1. The largest absolute Gasteiger partial charge is 0.479 e. The lowest BCUT2D eigenvalue weighted by atomic mass is 10.0. The highest BCUT2D eigenvalue weighted by molar-refractivity contribution is 6.30. The van der Waals surface area contributed by atoms with Gasteiger partial charge in [0.15, 0.2) is 11.9 Å². The second-order valence-electron chi connectivity index (χ2n) is 7.22. The van der Waals surface area contributed by atoms with E-state index in [2.05, 4.69) is 0 Å². The van der Waals surface area contributed by atoms with E-state index >= 15 is 0 Å². The molecule has 158 valence electrons. The van der Waals surface area contributed by atoms with Crippen LogP contribution in [0.3, 0.4) is 0 Å². The fraction of sp³-hybridized carbons (Fsp3) is 0.154. The first kappa shape index (κ1) is 22.3. The summed E-state index contributed by atoms with van der Waals surface area (Å²) in [6.07, 6.45) is 2.93. The van der Waals surface area contributed by atoms with Gasteiger partial charge in [0.25, 0.3) is 0 Å². The van der Waals surface area contributed by atoms with Crippen LogP contribution in [0.4, 0.5) is 0 Å². The van der Waals surface area contributed by atoms with Crippen LogP contribution in [-0.2, 0) is 11.2 Å². The van der Waals surface area contributed by atoms with Crippen molar-refractivity contribution in [3.8, 4) is 5.75 Å². The van der Waals surface area contributed by atoms with Crippen LogP contribution in [0.2, 0.25) is 5.02 Å². The topological polar surface area (TPSA) is 63.6 Å². The predicted octanol–water partition coefficient (Wildman–Crippen LogP) is 6.01. The fourth-order valence-corrected chi connectivity index (χ4v) is 3.23. The second-order valence-corrected chi connectivity index (χ2v) is 7.65. The molecule has 0 fully saturated rings. The number of aryl methyl sites for hydroxylation is 2. The van der Waals surface area contributed by atoms with Crippen molar-refractivity contribution in [2.24, 2.45) is 0 Å². The summed E-state index contributed by atoms with van der Waals surface area (Å²) in [4.78, 5) is 24.6. The number of carbonyl (C=O) groups is 2. The van der Waals surface area contributed by atoms with E-state index in [4.69, 9.17) is 16.3 Å². The van der Waals surface area contributed by atoms with E-state index in [9.17, 15) is 14.7 Å². The molecule has 3 aromatic carbocycles. The highest BCUT2D eigenvalue weighted by atomic mass is 35.5. The Morgan fingerprint density at radius 1 is 1.03 bits per heavy atom. The van der Waals surface area contributed by atoms with Gasteiger partial charge in [0.05, 0.1) is 5.56 Å². The van der Waals surface area contributed by atoms with Crippen molar-refractivity contribution < 1.29 is 19.4 Å². The molecule has 0 aliphatic heterocycles. The van der Waals surface area contributed by atoms with Crippen molar-refractivity contribution >= 4 is 29.4 Å². The van der Waals surface area contributed by atoms with Crippen LogP contribution in [0, 0.1) is 6.92 Å². The van der Waals surface area contributed by atoms with Crippen molar-refractivity contribution in [2.75, 3.05) is 0 Å². The summed E-state index contributed by atoms with van der Waals surface area (Å²) < 4.78 is 5.80. The summed E-state index contributed by atoms with van der Waals surface area (Å²) in [5, 5.41) is 10.3. The molecule has 1 N–H and O–H groups in total. The van der Waals surface area contributed by atoms with Crippen molar-refractivity contribution in [3.05, 3.63) is 106 Å². The van der Waals surface area contributed by atoms with Crippen LogP contribution in [0.25, 0.3) is 6.08 Å². The molecule has 0 aliphatic carbocycles. The minimum atomic E-state index is -1.06. The van der Waals surface area contributed by atoms with E-state index in [1.807, 2.05) is 49.4 Å². The number of carbonyl (C=O) groups excluding carboxylic acids is 1. The fourth-order valence-electron chi connectivity index (χ4n) is 3.10. The molecule has 1 atom stereocenters. The lowest BCUT2D eigenvalue weighted by Gasteiger charge is -2.17. The van der Waals surface area contributed by atoms with E-state index in [0.717, 1.165) is 16.7 Å². The minimum absolute atomic E-state index is 0.261. The van der Waals surface area contributed by atoms with Gasteiger partial charge in [0, 0.05) is 5.02 Å². The molecule has 0 saturated carbocycles. The Bertz CT molecular complexity index is 1070. The summed E-state index contributed by atoms with van der Waals surface area (Å²) in [6, 6.07) is 21.9. The molecule has 3 rings (SSSR count). The van der Waals surface area contributed by atoms with Gasteiger partial charge < -0.3 is 9.84 Å². The third-order valence-corrected chi connectivity index (χ3v) is 5.03. The standard InChI is InChI=1S/C26H23ClO4/c1-18-7-15-24(31-25(26(29)30)16-11-19-5-3-2-4-6-19)22(17-18)23(28)14-10-20-8-12-21(27)13-9-20/h2-10,12-15,17,25H,11,16H2,1H3,(H,29,30). The number of ether oxygens (including phenoxy) is 1. The van der Waals surface area contributed by atoms with Crippen LogP contribution in [0.15, 0.2) is 78.9 Å². The van der Waals surface area contributed by atoms with E-state index in [0.29, 0.717) is 23.4 Å². The summed E-state index contributed by atoms with van der Waals surface area (Å²) in [7, 11) is 0. The first-order chi connectivity index (χ1) is 14.9. The van der Waals surface area contributed by atoms with Gasteiger partial charge in [-0.25, -0.2) is 4.79 Å². The molecule has 31 heavy (non-hydrogen) atoms. The molecule has 5 heteroatoms. The van der Waals surface area contributed by atoms with Gasteiger partial charge >= 0.3 is 5.97 Å². The Kier molecular flexibility index (Phi) is 7.63. The molecule has 0 bridgehead atoms. The predicted molar refractivity (Wildman–Crippen MR) is 123 cm³/mol. The second kappa shape index (κ2) is 10.6. The van der Waals surface area contributed by atoms with Crippen LogP contribution >= 0.6 is 11.6 Å². The number of hydrogen-bond acceptors (Lipinski definition) is 3. The van der Waals surface area contributed by atoms with Gasteiger partial charge in [-0.05, 0) is 61.2 Å². The Morgan fingerprint density at radius 3 is 2.42 bits per heavy atom. The number of carboxylic acid groups (broad SMARTS) is 1. The molecule has 0 aliphatic rings. The lowest BCUT2D eigenvalue weighted by molar-refractivity contribution is -0.145. The summed E-state index contributed by atoms with van der Waals surface area (Å²) in [5.41, 5.74) is 3.07. The molecule has 0 aromatic heterocycles. The lowest BCUT2D eigenvalue weighted by Crippen LogP contribution is -2.28. The van der Waals surface area contributed by atoms with Gasteiger partial charge in [0.2, 0.25) is 0 Å². The smallest absolute Gasteiger partial charge is 0.344 e. The first-order valence-electron chi connectivity index (χ1n) is 9.94. The molecule has 0 heterocycles. The van der Waals surface area contributed by atoms with Crippen molar-refractivity contribution in [1.29, 1.82) is 0 Å². The zero-order valence-corrected chi connectivity index (χ0v) is 17.9. The average molecular weight is 435 g/mol. The van der Waals surface area contributed by atoms with Gasteiger partial charge in [-0.15, -0.1) is 0 Å². The van der Waals surface area contributed by atoms with Gasteiger partial charge in [-0.2, -0.15) is 0 Å². The molecular formula is C26H23ClO4. The normalized spacial score (nSPS) is 11.9. The molecule has 3 aromatic rings. The molecule has 0 spiro atoms. The summed E-state index contributed by atoms with van der Waals surface area (Å²) >= 11 is 5.89. The van der Waals surface area contributed by atoms with Crippen LogP contribution in [0.1, 0.15) is 33.5 Å². The van der Waals surface area contributed by atoms with Gasteiger partial charge in [0.1, 0.15) is 5.75 Å². The maximum atomic E-state index is 12.8. The zero-order chi connectivity index (χ0) is 22.2. The maximum absolute atomic E-state index is 12.8. The highest BCUT2D eigenvalue weighted by Crippen LogP contribution is 2.24. The molecule has 0 radical (unpaired) electrons. The van der Waals surface area contributed by atoms with Gasteiger partial charge in [-0.1, -0.05) is 71.8 Å². The Hall–Kier alpha value is -3.37. The Morgan fingerprint density at radius 2 is 1.74 bits per heavy atom. The summed E-state index contributed by atoms with van der Waals surface area (Å²) in [5.74, 6) is -1.07. The Balaban J connectivity index is 1.77. The third kappa shape index (κ3) is 6.56. The number of rotatable bonds is 9. The SMILES string of the molecule is Cc1ccc(OC(CCc2ccccc2)C(=O)O)c(C(=O)C=Cc2ccc(Cl)cc2)c1. The quantitative estimate of drug-likeness (QED) is 0.331. The maximum Gasteiger partial charge on any atom is 0.344 e. The molecule has 0 saturated heterocycles. The number of allylic oxidation sites excluding steroid dienone is 1. The van der Waals surface area contributed by atoms with Crippen LogP contribution < -0.4 is 4.74 Å². The zero-order valence-electron chi connectivity index (χ0n) is 17.1. The molecule has 1 unspecified atom stereocenters. The molecule has 4 nitrogen and oxygen atoms in total. The number of aliphatic carboxylic acids is 1. The number of benzene rings is 3. The van der Waals surface area contributed by atoms with E-state index in [1.54, 1.807) is 36.4 Å². The van der Waals surface area contributed by atoms with E-state index < -0.39 is 12.1 Å². The number of halogens is 1.